The molecule has 0 unspecified atom stereocenters. The van der Waals surface area contributed by atoms with Gasteiger partial charge in [-0.15, -0.1) is 4.09 Å². The van der Waals surface area contributed by atoms with Gasteiger partial charge in [-0.1, -0.05) is 0 Å². The summed E-state index contributed by atoms with van der Waals surface area (Å²) in [5.74, 6) is -0.798. The van der Waals surface area contributed by atoms with Crippen LogP contribution in [0, 0.1) is 11.6 Å². The third-order valence-corrected chi connectivity index (χ3v) is 6.17. The Balaban J connectivity index is 2.00. The van der Waals surface area contributed by atoms with Crippen LogP contribution in [0.4, 0.5) is 14.6 Å². The summed E-state index contributed by atoms with van der Waals surface area (Å²) in [6.45, 7) is 0.0856. The van der Waals surface area contributed by atoms with E-state index in [2.05, 4.69) is 5.10 Å². The fraction of sp³-hybridized carbons (Fsp3) is 0.438. The summed E-state index contributed by atoms with van der Waals surface area (Å²) < 4.78 is 55.0. The molecule has 1 aromatic carbocycles. The van der Waals surface area contributed by atoms with E-state index in [0.29, 0.717) is 19.4 Å². The highest BCUT2D eigenvalue weighted by molar-refractivity contribution is 7.87. The van der Waals surface area contributed by atoms with E-state index in [1.165, 1.54) is 19.3 Å². The Hall–Kier alpha value is -2.04. The van der Waals surface area contributed by atoms with E-state index < -0.39 is 27.9 Å². The first kappa shape index (κ1) is 18.7. The average Bonchev–Trinajstić information content (AvgIpc) is 3.25. The maximum Gasteiger partial charge on any atom is 0.324 e. The average molecular weight is 386 g/mol. The number of hydrogen-bond donors (Lipinski definition) is 1. The molecule has 1 aliphatic rings. The standard InChI is InChI=1S/C16H20F2N4O3S/c1-20(9-10-23)26(24,25)22-16(6-7-19-22)21-8-2-3-15(21)13-11-12(17)4-5-14(13)18/h4-7,11,15,23H,2-3,8-10H2,1H3/t15-/m1/s1. The molecule has 1 N–H and O–H groups in total. The fourth-order valence-electron chi connectivity index (χ4n) is 3.19. The first-order valence-electron chi connectivity index (χ1n) is 8.19. The van der Waals surface area contributed by atoms with Crippen molar-refractivity contribution in [3.8, 4) is 0 Å². The molecule has 26 heavy (non-hydrogen) atoms. The van der Waals surface area contributed by atoms with Crippen LogP contribution in [-0.4, -0.2) is 53.8 Å². The molecular formula is C16H20F2N4O3S. The molecule has 0 spiro atoms. The fourth-order valence-corrected chi connectivity index (χ4v) is 4.34. The number of nitrogens with zero attached hydrogens (tertiary/aromatic N) is 4. The SMILES string of the molecule is CN(CCO)S(=O)(=O)n1nccc1N1CCC[C@@H]1c1cc(F)ccc1F. The Morgan fingerprint density at radius 3 is 2.85 bits per heavy atom. The minimum Gasteiger partial charge on any atom is -0.395 e. The number of rotatable bonds is 6. The number of likely N-dealkylation sites (N-methyl/N-ethyl adjacent to an activating group) is 1. The summed E-state index contributed by atoms with van der Waals surface area (Å²) >= 11 is 0. The molecule has 0 saturated carbocycles. The van der Waals surface area contributed by atoms with Crippen LogP contribution in [0.3, 0.4) is 0 Å². The van der Waals surface area contributed by atoms with Crippen molar-refractivity contribution in [1.82, 2.24) is 13.5 Å². The lowest BCUT2D eigenvalue weighted by Crippen LogP contribution is -2.37. The number of anilines is 1. The smallest absolute Gasteiger partial charge is 0.324 e. The van der Waals surface area contributed by atoms with Gasteiger partial charge in [0.2, 0.25) is 0 Å². The lowest BCUT2D eigenvalue weighted by molar-refractivity contribution is 0.265. The van der Waals surface area contributed by atoms with Gasteiger partial charge >= 0.3 is 10.2 Å². The predicted octanol–water partition coefficient (Wildman–Crippen LogP) is 1.52. The van der Waals surface area contributed by atoms with Crippen molar-refractivity contribution in [1.29, 1.82) is 0 Å². The first-order valence-corrected chi connectivity index (χ1v) is 9.59. The monoisotopic (exact) mass is 386 g/mol. The van der Waals surface area contributed by atoms with Crippen molar-refractivity contribution in [3.63, 3.8) is 0 Å². The molecule has 0 bridgehead atoms. The second-order valence-electron chi connectivity index (χ2n) is 6.10. The molecule has 0 amide bonds. The largest absolute Gasteiger partial charge is 0.395 e. The van der Waals surface area contributed by atoms with Crippen molar-refractivity contribution >= 4 is 16.0 Å². The van der Waals surface area contributed by atoms with Crippen molar-refractivity contribution in [2.45, 2.75) is 18.9 Å². The molecular weight excluding hydrogens is 366 g/mol. The lowest BCUT2D eigenvalue weighted by Gasteiger charge is -2.28. The molecule has 2 aromatic rings. The van der Waals surface area contributed by atoms with Gasteiger partial charge in [0.15, 0.2) is 0 Å². The van der Waals surface area contributed by atoms with Crippen molar-refractivity contribution in [2.75, 3.05) is 31.6 Å². The maximum absolute atomic E-state index is 14.2. The van der Waals surface area contributed by atoms with Crippen LogP contribution in [0.5, 0.6) is 0 Å². The molecule has 1 saturated heterocycles. The van der Waals surface area contributed by atoms with Gasteiger partial charge in [-0.2, -0.15) is 17.8 Å². The highest BCUT2D eigenvalue weighted by Gasteiger charge is 2.33. The summed E-state index contributed by atoms with van der Waals surface area (Å²) in [5, 5.41) is 12.9. The van der Waals surface area contributed by atoms with Crippen LogP contribution in [0.15, 0.2) is 30.5 Å². The Morgan fingerprint density at radius 1 is 1.35 bits per heavy atom. The third-order valence-electron chi connectivity index (χ3n) is 4.48. The molecule has 0 radical (unpaired) electrons. The van der Waals surface area contributed by atoms with Gasteiger partial charge in [0.05, 0.1) is 18.8 Å². The number of aromatic nitrogens is 2. The zero-order chi connectivity index (χ0) is 18.9. The van der Waals surface area contributed by atoms with Gasteiger partial charge in [0.25, 0.3) is 0 Å². The number of aliphatic hydroxyl groups excluding tert-OH is 1. The molecule has 1 atom stereocenters. The van der Waals surface area contributed by atoms with Crippen LogP contribution >= 0.6 is 0 Å². The lowest BCUT2D eigenvalue weighted by atomic mass is 10.0. The van der Waals surface area contributed by atoms with E-state index in [4.69, 9.17) is 5.11 Å². The predicted molar refractivity (Wildman–Crippen MR) is 91.9 cm³/mol. The Bertz CT molecular complexity index is 887. The van der Waals surface area contributed by atoms with E-state index >= 15 is 0 Å². The van der Waals surface area contributed by atoms with E-state index in [0.717, 1.165) is 26.6 Å². The minimum atomic E-state index is -3.98. The van der Waals surface area contributed by atoms with Crippen LogP contribution in [0.25, 0.3) is 0 Å². The summed E-state index contributed by atoms with van der Waals surface area (Å²) in [6.07, 6.45) is 2.62. The number of benzene rings is 1. The molecule has 7 nitrogen and oxygen atoms in total. The topological polar surface area (TPSA) is 78.7 Å². The quantitative estimate of drug-likeness (QED) is 0.814. The van der Waals surface area contributed by atoms with E-state index in [1.54, 1.807) is 4.90 Å². The second kappa shape index (κ2) is 7.29. The van der Waals surface area contributed by atoms with Gasteiger partial charge < -0.3 is 10.0 Å². The molecule has 2 heterocycles. The highest BCUT2D eigenvalue weighted by Crippen LogP contribution is 2.37. The molecule has 1 aromatic heterocycles. The van der Waals surface area contributed by atoms with Gasteiger partial charge in [-0.05, 0) is 31.0 Å². The molecule has 0 aliphatic carbocycles. The molecule has 10 heteroatoms. The van der Waals surface area contributed by atoms with Crippen LogP contribution in [0.1, 0.15) is 24.4 Å². The van der Waals surface area contributed by atoms with Crippen LogP contribution in [0.2, 0.25) is 0 Å². The number of aliphatic hydroxyl groups is 1. The summed E-state index contributed by atoms with van der Waals surface area (Å²) in [4.78, 5) is 1.72. The Kier molecular flexibility index (Phi) is 5.26. The van der Waals surface area contributed by atoms with Crippen molar-refractivity contribution in [3.05, 3.63) is 47.7 Å². The molecule has 1 aliphatic heterocycles. The van der Waals surface area contributed by atoms with Gasteiger partial charge in [-0.25, -0.2) is 8.78 Å². The van der Waals surface area contributed by atoms with E-state index in [-0.39, 0.29) is 24.5 Å². The highest BCUT2D eigenvalue weighted by atomic mass is 32.2. The maximum atomic E-state index is 14.2. The zero-order valence-corrected chi connectivity index (χ0v) is 15.0. The zero-order valence-electron chi connectivity index (χ0n) is 14.2. The Labute approximate surface area is 150 Å². The van der Waals surface area contributed by atoms with Crippen molar-refractivity contribution < 1.29 is 22.3 Å². The number of hydrogen-bond acceptors (Lipinski definition) is 5. The normalized spacial score (nSPS) is 18.0. The van der Waals surface area contributed by atoms with Crippen molar-refractivity contribution in [2.24, 2.45) is 0 Å². The summed E-state index contributed by atoms with van der Waals surface area (Å²) in [7, 11) is -2.64. The molecule has 1 fully saturated rings. The van der Waals surface area contributed by atoms with Crippen LogP contribution < -0.4 is 4.90 Å². The van der Waals surface area contributed by atoms with E-state index in [1.807, 2.05) is 0 Å². The van der Waals surface area contributed by atoms with E-state index in [9.17, 15) is 17.2 Å². The summed E-state index contributed by atoms with van der Waals surface area (Å²) in [6, 6.07) is 4.31. The minimum absolute atomic E-state index is 0.0798. The molecule has 142 valence electrons. The Morgan fingerprint density at radius 2 is 2.12 bits per heavy atom. The van der Waals surface area contributed by atoms with Gasteiger partial charge in [0.1, 0.15) is 17.5 Å². The first-order chi connectivity index (χ1) is 12.4. The summed E-state index contributed by atoms with van der Waals surface area (Å²) in [5.41, 5.74) is 0.191. The van der Waals surface area contributed by atoms with Crippen LogP contribution in [-0.2, 0) is 10.2 Å². The second-order valence-corrected chi connectivity index (χ2v) is 7.97. The third kappa shape index (κ3) is 3.31. The molecule has 3 rings (SSSR count). The van der Waals surface area contributed by atoms with Gasteiger partial charge in [-0.3, -0.25) is 0 Å². The van der Waals surface area contributed by atoms with Gasteiger partial charge in [0, 0.05) is 31.8 Å². The number of halogens is 2.